The average molecular weight is 184 g/mol. The number of aryl methyl sites for hydroxylation is 1. The van der Waals surface area contributed by atoms with Crippen LogP contribution in [0.25, 0.3) is 0 Å². The van der Waals surface area contributed by atoms with Crippen molar-refractivity contribution in [2.45, 2.75) is 32.2 Å². The van der Waals surface area contributed by atoms with Crippen molar-refractivity contribution in [1.82, 2.24) is 15.2 Å². The third-order valence-corrected chi connectivity index (χ3v) is 1.81. The molecule has 5 heteroatoms. The zero-order valence-corrected chi connectivity index (χ0v) is 7.82. The molecule has 13 heavy (non-hydrogen) atoms. The summed E-state index contributed by atoms with van der Waals surface area (Å²) in [6.45, 7) is 2.15. The first-order chi connectivity index (χ1) is 6.27. The second kappa shape index (κ2) is 4.94. The minimum Gasteiger partial charge on any atom is -0.396 e. The first-order valence-corrected chi connectivity index (χ1v) is 4.55. The number of hydrogen-bond acceptors (Lipinski definition) is 4. The highest BCUT2D eigenvalue weighted by Gasteiger charge is 2.10. The van der Waals surface area contributed by atoms with Crippen LogP contribution in [0.5, 0.6) is 0 Å². The van der Waals surface area contributed by atoms with E-state index in [1.165, 1.54) is 0 Å². The summed E-state index contributed by atoms with van der Waals surface area (Å²) in [7, 11) is 0. The molecule has 1 aromatic rings. The molecule has 0 spiro atoms. The van der Waals surface area contributed by atoms with Gasteiger partial charge < -0.3 is 10.8 Å². The van der Waals surface area contributed by atoms with Crippen LogP contribution in [0, 0.1) is 0 Å². The molecule has 1 unspecified atom stereocenters. The fourth-order valence-electron chi connectivity index (χ4n) is 1.09. The van der Waals surface area contributed by atoms with Gasteiger partial charge in [0, 0.05) is 13.0 Å². The molecular formula is C8H16N4O. The maximum atomic E-state index is 8.66. The van der Waals surface area contributed by atoms with E-state index in [1.54, 1.807) is 0 Å². The van der Waals surface area contributed by atoms with Crippen LogP contribution in [0.1, 0.15) is 37.5 Å². The Balaban J connectivity index is 2.56. The van der Waals surface area contributed by atoms with Crippen molar-refractivity contribution in [3.05, 3.63) is 11.6 Å². The summed E-state index contributed by atoms with van der Waals surface area (Å²) < 4.78 is 0. The molecule has 1 rings (SSSR count). The van der Waals surface area contributed by atoms with E-state index in [9.17, 15) is 0 Å². The average Bonchev–Trinajstić information content (AvgIpc) is 2.54. The highest BCUT2D eigenvalue weighted by atomic mass is 16.3. The van der Waals surface area contributed by atoms with Gasteiger partial charge in [0.2, 0.25) is 0 Å². The van der Waals surface area contributed by atoms with Crippen LogP contribution >= 0.6 is 0 Å². The Morgan fingerprint density at radius 3 is 3.00 bits per heavy atom. The Bertz CT molecular complexity index is 248. The van der Waals surface area contributed by atoms with Crippen molar-refractivity contribution < 1.29 is 5.11 Å². The van der Waals surface area contributed by atoms with Crippen LogP contribution in [-0.4, -0.2) is 26.9 Å². The maximum absolute atomic E-state index is 8.66. The summed E-state index contributed by atoms with van der Waals surface area (Å²) >= 11 is 0. The smallest absolute Gasteiger partial charge is 0.167 e. The predicted molar refractivity (Wildman–Crippen MR) is 49.0 cm³/mol. The van der Waals surface area contributed by atoms with Crippen LogP contribution in [0.2, 0.25) is 0 Å². The number of nitrogens with two attached hydrogens (primary N) is 1. The van der Waals surface area contributed by atoms with Crippen LogP contribution < -0.4 is 5.73 Å². The van der Waals surface area contributed by atoms with Crippen molar-refractivity contribution in [3.63, 3.8) is 0 Å². The third-order valence-electron chi connectivity index (χ3n) is 1.81. The molecule has 0 saturated heterocycles. The standard InChI is InChI=1S/C8H16N4O/c1-2-3-7-10-8(12-11-7)6(9)4-5-13/h6,13H,2-5,9H2,1H3,(H,10,11,12). The zero-order chi connectivity index (χ0) is 9.68. The second-order valence-electron chi connectivity index (χ2n) is 3.01. The first-order valence-electron chi connectivity index (χ1n) is 4.55. The van der Waals surface area contributed by atoms with Gasteiger partial charge in [0.05, 0.1) is 6.04 Å². The molecule has 0 aliphatic rings. The highest BCUT2D eigenvalue weighted by molar-refractivity contribution is 4.95. The number of hydrogen-bond donors (Lipinski definition) is 3. The Morgan fingerprint density at radius 2 is 2.38 bits per heavy atom. The van der Waals surface area contributed by atoms with Gasteiger partial charge in [-0.2, -0.15) is 5.10 Å². The van der Waals surface area contributed by atoms with Gasteiger partial charge in [0.25, 0.3) is 0 Å². The van der Waals surface area contributed by atoms with E-state index < -0.39 is 0 Å². The zero-order valence-electron chi connectivity index (χ0n) is 7.82. The Hall–Kier alpha value is -0.940. The molecule has 1 heterocycles. The Morgan fingerprint density at radius 1 is 1.62 bits per heavy atom. The first kappa shape index (κ1) is 10.1. The van der Waals surface area contributed by atoms with Crippen LogP contribution in [0.15, 0.2) is 0 Å². The van der Waals surface area contributed by atoms with Crippen LogP contribution in [0.4, 0.5) is 0 Å². The molecule has 0 amide bonds. The van der Waals surface area contributed by atoms with Crippen LogP contribution in [0.3, 0.4) is 0 Å². The maximum Gasteiger partial charge on any atom is 0.167 e. The molecule has 0 aliphatic heterocycles. The molecule has 0 aliphatic carbocycles. The van der Waals surface area contributed by atoms with E-state index in [1.807, 2.05) is 0 Å². The lowest BCUT2D eigenvalue weighted by Gasteiger charge is -2.02. The molecule has 0 saturated carbocycles. The minimum absolute atomic E-state index is 0.0683. The lowest BCUT2D eigenvalue weighted by molar-refractivity contribution is 0.274. The SMILES string of the molecule is CCCc1nc(C(N)CCO)n[nH]1. The molecule has 0 bridgehead atoms. The number of nitrogens with zero attached hydrogens (tertiary/aromatic N) is 2. The minimum atomic E-state index is -0.258. The topological polar surface area (TPSA) is 87.8 Å². The molecule has 0 aromatic carbocycles. The number of rotatable bonds is 5. The summed E-state index contributed by atoms with van der Waals surface area (Å²) in [5.74, 6) is 1.46. The molecule has 0 fully saturated rings. The van der Waals surface area contributed by atoms with E-state index in [4.69, 9.17) is 10.8 Å². The monoisotopic (exact) mass is 184 g/mol. The fourth-order valence-corrected chi connectivity index (χ4v) is 1.09. The van der Waals surface area contributed by atoms with Crippen molar-refractivity contribution in [2.24, 2.45) is 5.73 Å². The molecule has 4 N–H and O–H groups in total. The summed E-state index contributed by atoms with van der Waals surface area (Å²) in [5.41, 5.74) is 5.71. The Labute approximate surface area is 77.4 Å². The number of H-pyrrole nitrogens is 1. The fraction of sp³-hybridized carbons (Fsp3) is 0.750. The van der Waals surface area contributed by atoms with E-state index in [0.29, 0.717) is 12.2 Å². The molecule has 1 atom stereocenters. The van der Waals surface area contributed by atoms with Gasteiger partial charge in [-0.05, 0) is 12.8 Å². The highest BCUT2D eigenvalue weighted by Crippen LogP contribution is 2.08. The number of nitrogens with one attached hydrogen (secondary N) is 1. The molecule has 1 aromatic heterocycles. The Kier molecular flexibility index (Phi) is 3.85. The van der Waals surface area contributed by atoms with Crippen molar-refractivity contribution in [3.8, 4) is 0 Å². The quantitative estimate of drug-likeness (QED) is 0.607. The number of aromatic amines is 1. The van der Waals surface area contributed by atoms with Gasteiger partial charge >= 0.3 is 0 Å². The van der Waals surface area contributed by atoms with Gasteiger partial charge in [-0.15, -0.1) is 0 Å². The second-order valence-corrected chi connectivity index (χ2v) is 3.01. The molecule has 5 nitrogen and oxygen atoms in total. The predicted octanol–water partition coefficient (Wildman–Crippen LogP) is 0.139. The van der Waals surface area contributed by atoms with Gasteiger partial charge in [-0.1, -0.05) is 6.92 Å². The summed E-state index contributed by atoms with van der Waals surface area (Å²) in [6.07, 6.45) is 2.42. The third kappa shape index (κ3) is 2.78. The van der Waals surface area contributed by atoms with E-state index >= 15 is 0 Å². The lowest BCUT2D eigenvalue weighted by atomic mass is 10.2. The molecule has 74 valence electrons. The summed E-state index contributed by atoms with van der Waals surface area (Å²) in [4.78, 5) is 4.22. The summed E-state index contributed by atoms with van der Waals surface area (Å²) in [6, 6.07) is -0.258. The number of aromatic nitrogens is 3. The molecular weight excluding hydrogens is 168 g/mol. The van der Waals surface area contributed by atoms with Crippen LogP contribution in [-0.2, 0) is 6.42 Å². The lowest BCUT2D eigenvalue weighted by Crippen LogP contribution is -2.13. The van der Waals surface area contributed by atoms with Gasteiger partial charge in [-0.25, -0.2) is 4.98 Å². The van der Waals surface area contributed by atoms with Crippen molar-refractivity contribution >= 4 is 0 Å². The largest absolute Gasteiger partial charge is 0.396 e. The molecule has 0 radical (unpaired) electrons. The normalized spacial score (nSPS) is 13.2. The van der Waals surface area contributed by atoms with Gasteiger partial charge in [-0.3, -0.25) is 5.10 Å². The van der Waals surface area contributed by atoms with Gasteiger partial charge in [0.15, 0.2) is 5.82 Å². The number of aliphatic hydroxyl groups is 1. The number of aliphatic hydroxyl groups excluding tert-OH is 1. The van der Waals surface area contributed by atoms with E-state index in [-0.39, 0.29) is 12.6 Å². The van der Waals surface area contributed by atoms with E-state index in [0.717, 1.165) is 18.7 Å². The van der Waals surface area contributed by atoms with Crippen molar-refractivity contribution in [1.29, 1.82) is 0 Å². The summed E-state index contributed by atoms with van der Waals surface area (Å²) in [5, 5.41) is 15.5. The van der Waals surface area contributed by atoms with Gasteiger partial charge in [0.1, 0.15) is 5.82 Å². The van der Waals surface area contributed by atoms with E-state index in [2.05, 4.69) is 22.1 Å². The van der Waals surface area contributed by atoms with Crippen molar-refractivity contribution in [2.75, 3.05) is 6.61 Å².